The van der Waals surface area contributed by atoms with Gasteiger partial charge in [0.15, 0.2) is 17.5 Å². The summed E-state index contributed by atoms with van der Waals surface area (Å²) >= 11 is 0. The van der Waals surface area contributed by atoms with Crippen molar-refractivity contribution >= 4 is 29.9 Å². The molecular weight excluding hydrogens is 467 g/mol. The van der Waals surface area contributed by atoms with Crippen LogP contribution in [-0.4, -0.2) is 50.8 Å². The van der Waals surface area contributed by atoms with Crippen molar-refractivity contribution in [2.45, 2.75) is 52.1 Å². The number of aliphatic imine (C=N–C) groups is 1. The number of nitrogens with zero attached hydrogens (tertiary/aromatic N) is 2. The summed E-state index contributed by atoms with van der Waals surface area (Å²) in [4.78, 5) is 7.11. The average molecular weight is 504 g/mol. The first-order chi connectivity index (χ1) is 13.0. The third-order valence-corrected chi connectivity index (χ3v) is 5.25. The Hall–Kier alpha value is -1.22. The van der Waals surface area contributed by atoms with Crippen LogP contribution in [0.5, 0.6) is 11.5 Å². The van der Waals surface area contributed by atoms with E-state index < -0.39 is 0 Å². The van der Waals surface area contributed by atoms with Gasteiger partial charge in [-0.15, -0.1) is 24.0 Å². The molecular formula is C21H37IN4O2. The smallest absolute Gasteiger partial charge is 0.188 e. The Morgan fingerprint density at radius 2 is 1.75 bits per heavy atom. The minimum atomic E-state index is 0. The standard InChI is InChI=1S/C21H36N4O2.HI/c1-16(2)18(25-11-7-5-6-8-12-25)15-24-21(22)23-14-17-9-10-19(26-3)20(13-17)27-4;/h9-10,13,16,18H,5-8,11-12,14-15H2,1-4H3,(H3,22,23,24);1H. The van der Waals surface area contributed by atoms with Crippen LogP contribution in [0.15, 0.2) is 23.2 Å². The largest absolute Gasteiger partial charge is 0.493 e. The molecule has 1 aromatic rings. The molecule has 0 radical (unpaired) electrons. The molecule has 28 heavy (non-hydrogen) atoms. The van der Waals surface area contributed by atoms with Gasteiger partial charge in [0.25, 0.3) is 0 Å². The lowest BCUT2D eigenvalue weighted by molar-refractivity contribution is 0.161. The van der Waals surface area contributed by atoms with Crippen molar-refractivity contribution in [3.8, 4) is 11.5 Å². The number of nitrogens with one attached hydrogen (secondary N) is 1. The summed E-state index contributed by atoms with van der Waals surface area (Å²) in [7, 11) is 3.27. The van der Waals surface area contributed by atoms with Crippen LogP contribution in [-0.2, 0) is 6.54 Å². The molecule has 0 bridgehead atoms. The zero-order chi connectivity index (χ0) is 19.6. The van der Waals surface area contributed by atoms with Crippen LogP contribution in [0.25, 0.3) is 0 Å². The zero-order valence-corrected chi connectivity index (χ0v) is 20.1. The fourth-order valence-electron chi connectivity index (χ4n) is 3.63. The van der Waals surface area contributed by atoms with Crippen molar-refractivity contribution in [1.29, 1.82) is 0 Å². The third-order valence-electron chi connectivity index (χ3n) is 5.25. The van der Waals surface area contributed by atoms with Gasteiger partial charge in [-0.2, -0.15) is 0 Å². The Morgan fingerprint density at radius 1 is 1.11 bits per heavy atom. The summed E-state index contributed by atoms with van der Waals surface area (Å²) in [6, 6.07) is 6.29. The molecule has 1 unspecified atom stereocenters. The molecule has 1 atom stereocenters. The van der Waals surface area contributed by atoms with Crippen LogP contribution in [0.1, 0.15) is 45.1 Å². The van der Waals surface area contributed by atoms with Crippen molar-refractivity contribution in [1.82, 2.24) is 10.2 Å². The summed E-state index contributed by atoms with van der Waals surface area (Å²) in [6.07, 6.45) is 5.30. The Balaban J connectivity index is 0.00000392. The van der Waals surface area contributed by atoms with Gasteiger partial charge in [0.05, 0.1) is 20.8 Å². The van der Waals surface area contributed by atoms with Crippen molar-refractivity contribution < 1.29 is 9.47 Å². The van der Waals surface area contributed by atoms with E-state index in [1.165, 1.54) is 38.8 Å². The minimum Gasteiger partial charge on any atom is -0.493 e. The lowest BCUT2D eigenvalue weighted by atomic mass is 10.0. The minimum absolute atomic E-state index is 0. The second-order valence-electron chi connectivity index (χ2n) is 7.53. The maximum Gasteiger partial charge on any atom is 0.188 e. The summed E-state index contributed by atoms with van der Waals surface area (Å²) in [5.41, 5.74) is 7.15. The number of rotatable bonds is 8. The molecule has 1 aromatic carbocycles. The van der Waals surface area contributed by atoms with Crippen LogP contribution in [0, 0.1) is 5.92 Å². The van der Waals surface area contributed by atoms with Crippen molar-refractivity contribution in [2.24, 2.45) is 16.6 Å². The molecule has 1 aliphatic heterocycles. The highest BCUT2D eigenvalue weighted by Gasteiger charge is 2.22. The van der Waals surface area contributed by atoms with Crippen LogP contribution in [0.4, 0.5) is 0 Å². The highest BCUT2D eigenvalue weighted by Crippen LogP contribution is 2.27. The molecule has 0 saturated carbocycles. The molecule has 0 amide bonds. The van der Waals surface area contributed by atoms with E-state index >= 15 is 0 Å². The van der Waals surface area contributed by atoms with Gasteiger partial charge < -0.3 is 20.5 Å². The highest BCUT2D eigenvalue weighted by atomic mass is 127. The number of nitrogens with two attached hydrogens (primary N) is 1. The summed E-state index contributed by atoms with van der Waals surface area (Å²) in [6.45, 7) is 8.29. The molecule has 0 aromatic heterocycles. The van der Waals surface area contributed by atoms with E-state index in [1.54, 1.807) is 14.2 Å². The second-order valence-corrected chi connectivity index (χ2v) is 7.53. The predicted molar refractivity (Wildman–Crippen MR) is 127 cm³/mol. The number of halogens is 1. The van der Waals surface area contributed by atoms with Crippen LogP contribution in [0.3, 0.4) is 0 Å². The molecule has 0 spiro atoms. The number of methoxy groups -OCH3 is 2. The van der Waals surface area contributed by atoms with E-state index in [0.29, 0.717) is 36.0 Å². The lowest BCUT2D eigenvalue weighted by Crippen LogP contribution is -2.48. The number of likely N-dealkylation sites (tertiary alicyclic amines) is 1. The number of benzene rings is 1. The number of hydrogen-bond acceptors (Lipinski definition) is 4. The topological polar surface area (TPSA) is 72.1 Å². The van der Waals surface area contributed by atoms with Crippen molar-refractivity contribution in [2.75, 3.05) is 33.9 Å². The van der Waals surface area contributed by atoms with E-state index in [0.717, 1.165) is 12.1 Å². The van der Waals surface area contributed by atoms with Gasteiger partial charge in [-0.3, -0.25) is 4.90 Å². The van der Waals surface area contributed by atoms with E-state index in [4.69, 9.17) is 15.2 Å². The summed E-state index contributed by atoms with van der Waals surface area (Å²) in [5.74, 6) is 2.49. The van der Waals surface area contributed by atoms with Gasteiger partial charge in [0.2, 0.25) is 0 Å². The molecule has 1 heterocycles. The number of ether oxygens (including phenoxy) is 2. The Bertz CT molecular complexity index is 602. The molecule has 0 aliphatic carbocycles. The second kappa shape index (κ2) is 13.1. The van der Waals surface area contributed by atoms with E-state index in [9.17, 15) is 0 Å². The normalized spacial score (nSPS) is 16.8. The molecule has 3 N–H and O–H groups in total. The molecule has 1 aliphatic rings. The van der Waals surface area contributed by atoms with Gasteiger partial charge in [-0.05, 0) is 49.5 Å². The monoisotopic (exact) mass is 504 g/mol. The molecule has 2 rings (SSSR count). The van der Waals surface area contributed by atoms with Crippen LogP contribution >= 0.6 is 24.0 Å². The Kier molecular flexibility index (Phi) is 11.6. The van der Waals surface area contributed by atoms with Gasteiger partial charge in [0.1, 0.15) is 0 Å². The highest BCUT2D eigenvalue weighted by molar-refractivity contribution is 14.0. The predicted octanol–water partition coefficient (Wildman–Crippen LogP) is 3.63. The number of hydrogen-bond donors (Lipinski definition) is 2. The lowest BCUT2D eigenvalue weighted by Gasteiger charge is -2.33. The quantitative estimate of drug-likeness (QED) is 0.322. The fourth-order valence-corrected chi connectivity index (χ4v) is 3.63. The fraction of sp³-hybridized carbons (Fsp3) is 0.667. The summed E-state index contributed by atoms with van der Waals surface area (Å²) in [5, 5.41) is 3.33. The zero-order valence-electron chi connectivity index (χ0n) is 17.7. The molecule has 160 valence electrons. The molecule has 6 nitrogen and oxygen atoms in total. The first-order valence-corrected chi connectivity index (χ1v) is 10.0. The van der Waals surface area contributed by atoms with Gasteiger partial charge in [0, 0.05) is 12.6 Å². The average Bonchev–Trinajstić information content (AvgIpc) is 2.95. The molecule has 7 heteroatoms. The van der Waals surface area contributed by atoms with E-state index in [1.807, 2.05) is 18.2 Å². The van der Waals surface area contributed by atoms with Crippen molar-refractivity contribution in [3.05, 3.63) is 23.8 Å². The Morgan fingerprint density at radius 3 is 2.32 bits per heavy atom. The maximum absolute atomic E-state index is 6.12. The van der Waals surface area contributed by atoms with Crippen LogP contribution in [0.2, 0.25) is 0 Å². The first-order valence-electron chi connectivity index (χ1n) is 10.0. The van der Waals surface area contributed by atoms with Crippen molar-refractivity contribution in [3.63, 3.8) is 0 Å². The summed E-state index contributed by atoms with van der Waals surface area (Å²) < 4.78 is 10.6. The first kappa shape index (κ1) is 24.8. The molecule has 1 saturated heterocycles. The SMILES string of the molecule is COc1ccc(CN=C(N)NCC(C(C)C)N2CCCCCC2)cc1OC.I. The van der Waals surface area contributed by atoms with E-state index in [2.05, 4.69) is 29.1 Å². The van der Waals surface area contributed by atoms with Gasteiger partial charge in [-0.1, -0.05) is 32.8 Å². The third kappa shape index (κ3) is 7.66. The molecule has 1 fully saturated rings. The number of guanidine groups is 1. The van der Waals surface area contributed by atoms with Gasteiger partial charge in [-0.25, -0.2) is 4.99 Å². The van der Waals surface area contributed by atoms with Gasteiger partial charge >= 0.3 is 0 Å². The Labute approximate surface area is 187 Å². The maximum atomic E-state index is 6.12. The van der Waals surface area contributed by atoms with Crippen LogP contribution < -0.4 is 20.5 Å². The van der Waals surface area contributed by atoms with E-state index in [-0.39, 0.29) is 24.0 Å².